The van der Waals surface area contributed by atoms with Crippen molar-refractivity contribution in [3.05, 3.63) is 96.6 Å². The third-order valence-corrected chi connectivity index (χ3v) is 8.37. The third-order valence-electron chi connectivity index (χ3n) is 8.37. The Balaban J connectivity index is 1.44. The standard InChI is InChI=1S/C37H26N8O2/c1-19(2)47-28(46)18-20-10-9-17-27-29(20)37-44-35-26-16-8-7-15-25(26)33(42-35)40-31-22-12-4-3-11-21(22)30(38-31)39-32-23-13-5-6-14-24(23)34(41-32)43-36(27)45-37/h3-17,19H,18H2,1-2H3,(H2,38,39,40,41,42,43,44,45). The van der Waals surface area contributed by atoms with Crippen LogP contribution in [0.2, 0.25) is 0 Å². The molecule has 0 saturated carbocycles. The molecule has 0 fully saturated rings. The second-order valence-electron chi connectivity index (χ2n) is 11.8. The van der Waals surface area contributed by atoms with E-state index in [-0.39, 0.29) is 18.5 Å². The molecule has 2 aliphatic rings. The van der Waals surface area contributed by atoms with Gasteiger partial charge in [-0.15, -0.1) is 0 Å². The van der Waals surface area contributed by atoms with Crippen molar-refractivity contribution in [3.63, 3.8) is 0 Å². The number of benzene rings is 4. The van der Waals surface area contributed by atoms with Crippen molar-refractivity contribution in [2.24, 2.45) is 0 Å². The SMILES string of the molecule is CC(C)OC(=O)Cc1cccc2c3nc4nc(nc5[nH]c(nc6nc(nc([nH]3)c12)-c1ccccc1-6)c1ccccc51)-c1ccccc1-4. The smallest absolute Gasteiger partial charge is 0.310 e. The summed E-state index contributed by atoms with van der Waals surface area (Å²) in [4.78, 5) is 49.9. The first-order valence-corrected chi connectivity index (χ1v) is 15.4. The molecule has 0 spiro atoms. The van der Waals surface area contributed by atoms with Crippen LogP contribution in [0.5, 0.6) is 0 Å². The van der Waals surface area contributed by atoms with Crippen LogP contribution in [-0.2, 0) is 16.0 Å². The number of aromatic amines is 2. The second-order valence-corrected chi connectivity index (χ2v) is 11.8. The van der Waals surface area contributed by atoms with Gasteiger partial charge in [-0.3, -0.25) is 4.79 Å². The summed E-state index contributed by atoms with van der Waals surface area (Å²) < 4.78 is 5.51. The highest BCUT2D eigenvalue weighted by Gasteiger charge is 2.22. The average molecular weight is 615 g/mol. The van der Waals surface area contributed by atoms with Crippen molar-refractivity contribution >= 4 is 50.1 Å². The molecular formula is C37H26N8O2. The lowest BCUT2D eigenvalue weighted by molar-refractivity contribution is -0.146. The Hall–Kier alpha value is -6.29. The number of carbonyl (C=O) groups is 1. The van der Waals surface area contributed by atoms with Gasteiger partial charge in [0.2, 0.25) is 0 Å². The summed E-state index contributed by atoms with van der Waals surface area (Å²) in [5, 5.41) is 3.40. The highest BCUT2D eigenvalue weighted by Crippen LogP contribution is 2.37. The van der Waals surface area contributed by atoms with E-state index >= 15 is 0 Å². The van der Waals surface area contributed by atoms with Gasteiger partial charge < -0.3 is 14.7 Å². The van der Waals surface area contributed by atoms with Gasteiger partial charge in [-0.1, -0.05) is 91.0 Å². The lowest BCUT2D eigenvalue weighted by atomic mass is 10.1. The minimum Gasteiger partial charge on any atom is -0.463 e. The van der Waals surface area contributed by atoms with Crippen LogP contribution < -0.4 is 0 Å². The maximum Gasteiger partial charge on any atom is 0.310 e. The van der Waals surface area contributed by atoms with Crippen LogP contribution >= 0.6 is 0 Å². The highest BCUT2D eigenvalue weighted by molar-refractivity contribution is 6.08. The summed E-state index contributed by atoms with van der Waals surface area (Å²) in [6, 6.07) is 29.6. The molecule has 5 heterocycles. The number of nitrogens with zero attached hydrogens (tertiary/aromatic N) is 6. The van der Waals surface area contributed by atoms with E-state index in [0.717, 1.165) is 49.4 Å². The van der Waals surface area contributed by atoms with Crippen LogP contribution in [0.25, 0.3) is 89.7 Å². The fourth-order valence-electron chi connectivity index (χ4n) is 6.37. The molecule has 7 aromatic rings. The molecule has 0 atom stereocenters. The van der Waals surface area contributed by atoms with Gasteiger partial charge in [-0.2, -0.15) is 0 Å². The average Bonchev–Trinajstić information content (AvgIpc) is 3.80. The molecule has 226 valence electrons. The predicted octanol–water partition coefficient (Wildman–Crippen LogP) is 7.36. The third kappa shape index (κ3) is 4.45. The molecule has 0 radical (unpaired) electrons. The van der Waals surface area contributed by atoms with Gasteiger partial charge in [0.1, 0.15) is 22.6 Å². The molecule has 0 aliphatic carbocycles. The second kappa shape index (κ2) is 10.4. The largest absolute Gasteiger partial charge is 0.463 e. The van der Waals surface area contributed by atoms with Crippen LogP contribution in [0.3, 0.4) is 0 Å². The zero-order valence-electron chi connectivity index (χ0n) is 25.4. The Bertz CT molecular complexity index is 2600. The summed E-state index contributed by atoms with van der Waals surface area (Å²) in [6.45, 7) is 3.68. The fourth-order valence-corrected chi connectivity index (χ4v) is 6.37. The molecule has 0 amide bonds. The molecule has 10 heteroatoms. The van der Waals surface area contributed by atoms with Crippen LogP contribution in [0.15, 0.2) is 91.0 Å². The molecule has 10 nitrogen and oxygen atoms in total. The van der Waals surface area contributed by atoms with Gasteiger partial charge >= 0.3 is 5.97 Å². The van der Waals surface area contributed by atoms with Crippen LogP contribution in [0.4, 0.5) is 0 Å². The normalized spacial score (nSPS) is 12.0. The molecule has 2 aliphatic heterocycles. The molecule has 0 unspecified atom stereocenters. The number of esters is 1. The summed E-state index contributed by atoms with van der Waals surface area (Å²) in [6.07, 6.45) is -0.148. The number of H-pyrrole nitrogens is 2. The van der Waals surface area contributed by atoms with Crippen molar-refractivity contribution in [1.82, 2.24) is 39.9 Å². The molecule has 3 aromatic heterocycles. The Morgan fingerprint density at radius 1 is 0.553 bits per heavy atom. The number of rotatable bonds is 3. The quantitative estimate of drug-likeness (QED) is 0.197. The number of ether oxygens (including phenoxy) is 1. The van der Waals surface area contributed by atoms with E-state index in [2.05, 4.69) is 9.97 Å². The first kappa shape index (κ1) is 27.1. The number of hydrogen-bond donors (Lipinski definition) is 2. The number of carbonyl (C=O) groups excluding carboxylic acids is 1. The molecule has 47 heavy (non-hydrogen) atoms. The Kier molecular flexibility index (Phi) is 5.98. The van der Waals surface area contributed by atoms with Crippen molar-refractivity contribution in [1.29, 1.82) is 0 Å². The summed E-state index contributed by atoms with van der Waals surface area (Å²) in [7, 11) is 0. The first-order valence-electron chi connectivity index (χ1n) is 15.4. The van der Waals surface area contributed by atoms with E-state index < -0.39 is 0 Å². The predicted molar refractivity (Wildman–Crippen MR) is 181 cm³/mol. The van der Waals surface area contributed by atoms with E-state index in [0.29, 0.717) is 45.9 Å². The van der Waals surface area contributed by atoms with Crippen molar-refractivity contribution < 1.29 is 9.53 Å². The van der Waals surface area contributed by atoms with Crippen molar-refractivity contribution in [2.75, 3.05) is 0 Å². The van der Waals surface area contributed by atoms with Gasteiger partial charge in [0.25, 0.3) is 0 Å². The van der Waals surface area contributed by atoms with E-state index in [1.54, 1.807) is 0 Å². The number of fused-ring (bicyclic) bond motifs is 20. The Morgan fingerprint density at radius 3 is 1.49 bits per heavy atom. The molecule has 2 N–H and O–H groups in total. The topological polar surface area (TPSA) is 135 Å². The minimum absolute atomic E-state index is 0.0771. The van der Waals surface area contributed by atoms with E-state index in [1.165, 1.54) is 0 Å². The fraction of sp³-hybridized carbons (Fsp3) is 0.108. The van der Waals surface area contributed by atoms with Crippen LogP contribution in [0, 0.1) is 0 Å². The van der Waals surface area contributed by atoms with Gasteiger partial charge in [0.15, 0.2) is 23.3 Å². The lowest BCUT2D eigenvalue weighted by Gasteiger charge is -2.08. The van der Waals surface area contributed by atoms with E-state index in [1.807, 2.05) is 105 Å². The van der Waals surface area contributed by atoms with Crippen LogP contribution in [0.1, 0.15) is 19.4 Å². The number of aromatic nitrogens is 8. The molecule has 9 rings (SSSR count). The first-order chi connectivity index (χ1) is 23.0. The van der Waals surface area contributed by atoms with E-state index in [4.69, 9.17) is 34.6 Å². The lowest BCUT2D eigenvalue weighted by Crippen LogP contribution is -2.13. The summed E-state index contributed by atoms with van der Waals surface area (Å²) in [5.41, 5.74) is 6.60. The molecule has 8 bridgehead atoms. The molecule has 0 saturated heterocycles. The minimum atomic E-state index is -0.318. The van der Waals surface area contributed by atoms with Gasteiger partial charge in [-0.25, -0.2) is 29.9 Å². The van der Waals surface area contributed by atoms with Gasteiger partial charge in [-0.05, 0) is 19.4 Å². The van der Waals surface area contributed by atoms with Gasteiger partial charge in [0.05, 0.1) is 12.5 Å². The summed E-state index contributed by atoms with van der Waals surface area (Å²) >= 11 is 0. The number of hydrogen-bond acceptors (Lipinski definition) is 8. The maximum absolute atomic E-state index is 12.9. The monoisotopic (exact) mass is 614 g/mol. The van der Waals surface area contributed by atoms with E-state index in [9.17, 15) is 4.79 Å². The zero-order chi connectivity index (χ0) is 31.6. The Morgan fingerprint density at radius 2 is 0.979 bits per heavy atom. The van der Waals surface area contributed by atoms with Gasteiger partial charge in [0, 0.05) is 43.8 Å². The molecular weight excluding hydrogens is 588 g/mol. The van der Waals surface area contributed by atoms with Crippen molar-refractivity contribution in [2.45, 2.75) is 26.4 Å². The maximum atomic E-state index is 12.9. The Labute approximate surface area is 267 Å². The number of nitrogens with one attached hydrogen (secondary N) is 2. The highest BCUT2D eigenvalue weighted by atomic mass is 16.5. The summed E-state index contributed by atoms with van der Waals surface area (Å²) in [5.74, 6) is 1.78. The van der Waals surface area contributed by atoms with Crippen molar-refractivity contribution in [3.8, 4) is 45.6 Å². The zero-order valence-corrected chi connectivity index (χ0v) is 25.4. The molecule has 4 aromatic carbocycles. The van der Waals surface area contributed by atoms with Crippen LogP contribution in [-0.4, -0.2) is 51.9 Å².